The summed E-state index contributed by atoms with van der Waals surface area (Å²) in [6.07, 6.45) is 0. The van der Waals surface area contributed by atoms with E-state index in [0.717, 1.165) is 29.2 Å². The number of para-hydroxylation sites is 1. The van der Waals surface area contributed by atoms with Crippen LogP contribution in [-0.2, 0) is 6.54 Å². The monoisotopic (exact) mass is 377 g/mol. The Bertz CT molecular complexity index is 958. The zero-order valence-electron chi connectivity index (χ0n) is 16.0. The minimum atomic E-state index is -0.190. The first-order chi connectivity index (χ1) is 13.7. The van der Waals surface area contributed by atoms with Crippen LogP contribution in [0.1, 0.15) is 22.7 Å². The molecule has 0 radical (unpaired) electrons. The second-order valence-corrected chi connectivity index (χ2v) is 6.81. The van der Waals surface area contributed by atoms with E-state index < -0.39 is 0 Å². The number of benzene rings is 3. The molecule has 5 nitrogen and oxygen atoms in total. The Labute approximate surface area is 164 Å². The number of hydrogen-bond acceptors (Lipinski definition) is 5. The Hall–Kier alpha value is -3.18. The molecule has 1 atom stereocenters. The van der Waals surface area contributed by atoms with E-state index in [2.05, 4.69) is 17.0 Å². The molecule has 0 fully saturated rings. The molecule has 1 N–H and O–H groups in total. The topological polar surface area (TPSA) is 51.2 Å². The Morgan fingerprint density at radius 3 is 2.57 bits per heavy atom. The molecule has 1 unspecified atom stereocenters. The molecule has 0 saturated carbocycles. The van der Waals surface area contributed by atoms with Crippen LogP contribution in [0.3, 0.4) is 0 Å². The van der Waals surface area contributed by atoms with Crippen LogP contribution in [0.25, 0.3) is 0 Å². The van der Waals surface area contributed by atoms with E-state index in [1.165, 1.54) is 5.56 Å². The number of hydrogen-bond donors (Lipinski definition) is 1. The minimum Gasteiger partial charge on any atom is -0.504 e. The van der Waals surface area contributed by atoms with Crippen molar-refractivity contribution in [3.8, 4) is 23.0 Å². The van der Waals surface area contributed by atoms with E-state index in [-0.39, 0.29) is 18.6 Å². The molecule has 0 aromatic heterocycles. The maximum absolute atomic E-state index is 10.8. The summed E-state index contributed by atoms with van der Waals surface area (Å²) in [5, 5.41) is 10.8. The molecule has 1 heterocycles. The summed E-state index contributed by atoms with van der Waals surface area (Å²) in [7, 11) is 3.60. The third-order valence-corrected chi connectivity index (χ3v) is 4.97. The lowest BCUT2D eigenvalue weighted by Gasteiger charge is -2.30. The van der Waals surface area contributed by atoms with Gasteiger partial charge in [-0.05, 0) is 36.4 Å². The van der Waals surface area contributed by atoms with Gasteiger partial charge in [0, 0.05) is 12.1 Å². The van der Waals surface area contributed by atoms with Crippen molar-refractivity contribution in [1.29, 1.82) is 0 Å². The molecule has 144 valence electrons. The second-order valence-electron chi connectivity index (χ2n) is 6.81. The third-order valence-electron chi connectivity index (χ3n) is 4.97. The first-order valence-corrected chi connectivity index (χ1v) is 9.17. The van der Waals surface area contributed by atoms with Gasteiger partial charge in [0.05, 0.1) is 13.2 Å². The lowest BCUT2D eigenvalue weighted by molar-refractivity contribution is 0.174. The Kier molecular flexibility index (Phi) is 5.08. The van der Waals surface area contributed by atoms with Gasteiger partial charge in [0.2, 0.25) is 6.79 Å². The van der Waals surface area contributed by atoms with E-state index in [1.54, 1.807) is 13.2 Å². The van der Waals surface area contributed by atoms with Crippen LogP contribution < -0.4 is 14.2 Å². The van der Waals surface area contributed by atoms with Crippen LogP contribution in [0.15, 0.2) is 66.7 Å². The highest BCUT2D eigenvalue weighted by molar-refractivity contribution is 5.52. The minimum absolute atomic E-state index is 0.146. The van der Waals surface area contributed by atoms with E-state index in [1.807, 2.05) is 55.6 Å². The fraction of sp³-hybridized carbons (Fsp3) is 0.217. The van der Waals surface area contributed by atoms with Crippen molar-refractivity contribution in [3.63, 3.8) is 0 Å². The van der Waals surface area contributed by atoms with Crippen LogP contribution >= 0.6 is 0 Å². The molecule has 1 aliphatic heterocycles. The normalized spacial score (nSPS) is 13.5. The van der Waals surface area contributed by atoms with E-state index in [4.69, 9.17) is 14.2 Å². The molecular formula is C23H23NO4. The first kappa shape index (κ1) is 18.2. The smallest absolute Gasteiger partial charge is 0.231 e. The SMILES string of the molecule is COc1cccc(C(c2ccc3c(c2)OCO3)N(C)Cc2ccccc2)c1O. The molecule has 0 amide bonds. The summed E-state index contributed by atoms with van der Waals surface area (Å²) in [5.74, 6) is 2.06. The highest BCUT2D eigenvalue weighted by Gasteiger charge is 2.26. The molecular weight excluding hydrogens is 354 g/mol. The molecule has 0 aliphatic carbocycles. The van der Waals surface area contributed by atoms with Gasteiger partial charge in [0.15, 0.2) is 23.0 Å². The molecule has 0 saturated heterocycles. The molecule has 3 aromatic carbocycles. The number of phenolic OH excluding ortho intramolecular Hbond substituents is 1. The van der Waals surface area contributed by atoms with Crippen LogP contribution in [0.4, 0.5) is 0 Å². The Morgan fingerprint density at radius 1 is 1.00 bits per heavy atom. The summed E-state index contributed by atoms with van der Waals surface area (Å²) in [5.41, 5.74) is 2.97. The van der Waals surface area contributed by atoms with Crippen molar-refractivity contribution in [3.05, 3.63) is 83.4 Å². The second kappa shape index (κ2) is 7.82. The Balaban J connectivity index is 1.77. The van der Waals surface area contributed by atoms with Crippen LogP contribution in [0.2, 0.25) is 0 Å². The predicted molar refractivity (Wildman–Crippen MR) is 107 cm³/mol. The largest absolute Gasteiger partial charge is 0.504 e. The van der Waals surface area contributed by atoms with Crippen molar-refractivity contribution < 1.29 is 19.3 Å². The molecule has 28 heavy (non-hydrogen) atoms. The standard InChI is InChI=1S/C23H23NO4/c1-24(14-16-7-4-3-5-8-16)22(18-9-6-10-20(26-2)23(18)25)17-11-12-19-21(13-17)28-15-27-19/h3-13,22,25H,14-15H2,1-2H3. The average molecular weight is 377 g/mol. The van der Waals surface area contributed by atoms with Crippen molar-refractivity contribution in [1.82, 2.24) is 4.90 Å². The summed E-state index contributed by atoms with van der Waals surface area (Å²) >= 11 is 0. The van der Waals surface area contributed by atoms with Crippen LogP contribution in [0, 0.1) is 0 Å². The maximum Gasteiger partial charge on any atom is 0.231 e. The lowest BCUT2D eigenvalue weighted by Crippen LogP contribution is -2.25. The van der Waals surface area contributed by atoms with Gasteiger partial charge in [-0.15, -0.1) is 0 Å². The molecule has 4 rings (SSSR count). The lowest BCUT2D eigenvalue weighted by atomic mass is 9.95. The zero-order chi connectivity index (χ0) is 19.5. The molecule has 0 bridgehead atoms. The fourth-order valence-corrected chi connectivity index (χ4v) is 3.64. The number of nitrogens with zero attached hydrogens (tertiary/aromatic N) is 1. The number of phenols is 1. The van der Waals surface area contributed by atoms with E-state index >= 15 is 0 Å². The zero-order valence-corrected chi connectivity index (χ0v) is 16.0. The number of fused-ring (bicyclic) bond motifs is 1. The number of methoxy groups -OCH3 is 1. The Morgan fingerprint density at radius 2 is 1.79 bits per heavy atom. The number of ether oxygens (including phenoxy) is 3. The van der Waals surface area contributed by atoms with Crippen molar-refractivity contribution in [2.75, 3.05) is 21.0 Å². The van der Waals surface area contributed by atoms with Crippen LogP contribution in [0.5, 0.6) is 23.0 Å². The first-order valence-electron chi connectivity index (χ1n) is 9.17. The highest BCUT2D eigenvalue weighted by atomic mass is 16.7. The number of rotatable bonds is 6. The maximum atomic E-state index is 10.8. The van der Waals surface area contributed by atoms with E-state index in [9.17, 15) is 5.11 Å². The van der Waals surface area contributed by atoms with Gasteiger partial charge < -0.3 is 19.3 Å². The van der Waals surface area contributed by atoms with Gasteiger partial charge in [-0.25, -0.2) is 0 Å². The average Bonchev–Trinajstić information content (AvgIpc) is 3.18. The highest BCUT2D eigenvalue weighted by Crippen LogP contribution is 2.42. The van der Waals surface area contributed by atoms with Gasteiger partial charge in [0.25, 0.3) is 0 Å². The third kappa shape index (κ3) is 3.49. The molecule has 3 aromatic rings. The van der Waals surface area contributed by atoms with Gasteiger partial charge in [-0.3, -0.25) is 4.90 Å². The fourth-order valence-electron chi connectivity index (χ4n) is 3.64. The van der Waals surface area contributed by atoms with Crippen molar-refractivity contribution >= 4 is 0 Å². The molecule has 5 heteroatoms. The van der Waals surface area contributed by atoms with Gasteiger partial charge in [-0.2, -0.15) is 0 Å². The number of aromatic hydroxyl groups is 1. The van der Waals surface area contributed by atoms with Crippen molar-refractivity contribution in [2.45, 2.75) is 12.6 Å². The van der Waals surface area contributed by atoms with Gasteiger partial charge in [-0.1, -0.05) is 48.5 Å². The van der Waals surface area contributed by atoms with Gasteiger partial charge >= 0.3 is 0 Å². The summed E-state index contributed by atoms with van der Waals surface area (Å²) in [6, 6.07) is 21.5. The summed E-state index contributed by atoms with van der Waals surface area (Å²) in [6.45, 7) is 0.949. The van der Waals surface area contributed by atoms with Crippen LogP contribution in [-0.4, -0.2) is 31.0 Å². The molecule has 0 spiro atoms. The van der Waals surface area contributed by atoms with E-state index in [0.29, 0.717) is 5.75 Å². The van der Waals surface area contributed by atoms with Gasteiger partial charge in [0.1, 0.15) is 0 Å². The summed E-state index contributed by atoms with van der Waals surface area (Å²) in [4.78, 5) is 2.20. The predicted octanol–water partition coefficient (Wildman–Crippen LogP) is 4.35. The molecule has 1 aliphatic rings. The summed E-state index contributed by atoms with van der Waals surface area (Å²) < 4.78 is 16.4. The quantitative estimate of drug-likeness (QED) is 0.692. The van der Waals surface area contributed by atoms with Crippen molar-refractivity contribution in [2.24, 2.45) is 0 Å².